The monoisotopic (exact) mass is 597 g/mol. The molecular weight excluding hydrogens is 569 g/mol. The molecule has 1 aliphatic rings. The van der Waals surface area contributed by atoms with Crippen molar-refractivity contribution < 1.29 is 17.9 Å². The maximum absolute atomic E-state index is 13.4. The van der Waals surface area contributed by atoms with E-state index >= 15 is 0 Å². The molecule has 1 aromatic carbocycles. The Bertz CT molecular complexity index is 1330. The number of ether oxygens (including phenoxy) is 1. The maximum atomic E-state index is 13.4. The molecule has 0 saturated carbocycles. The highest BCUT2D eigenvalue weighted by atomic mass is 127. The largest absolute Gasteiger partial charge is 0.444 e. The van der Waals surface area contributed by atoms with Gasteiger partial charge in [0.15, 0.2) is 5.65 Å². The molecule has 3 heterocycles. The molecule has 182 valence electrons. The number of fused-ring (bicyclic) bond motifs is 1. The first-order valence-electron chi connectivity index (χ1n) is 11.0. The number of amides is 1. The summed E-state index contributed by atoms with van der Waals surface area (Å²) in [5.41, 5.74) is 0.752. The molecule has 34 heavy (non-hydrogen) atoms. The summed E-state index contributed by atoms with van der Waals surface area (Å²) in [5.74, 6) is 0.656. The minimum Gasteiger partial charge on any atom is -0.444 e. The van der Waals surface area contributed by atoms with Crippen LogP contribution in [0.3, 0.4) is 0 Å². The highest BCUT2D eigenvalue weighted by Crippen LogP contribution is 2.33. The second kappa shape index (κ2) is 8.99. The number of rotatable bonds is 3. The van der Waals surface area contributed by atoms with Crippen LogP contribution in [0.4, 0.5) is 10.6 Å². The highest BCUT2D eigenvalue weighted by Gasteiger charge is 2.33. The van der Waals surface area contributed by atoms with Crippen molar-refractivity contribution in [2.45, 2.75) is 51.2 Å². The Labute approximate surface area is 213 Å². The van der Waals surface area contributed by atoms with Crippen molar-refractivity contribution in [2.24, 2.45) is 0 Å². The van der Waals surface area contributed by atoms with Crippen LogP contribution < -0.4 is 4.90 Å². The summed E-state index contributed by atoms with van der Waals surface area (Å²) in [6.07, 6.45) is 2.64. The van der Waals surface area contributed by atoms with E-state index in [9.17, 15) is 13.2 Å². The SMILES string of the molecule is Cc1ccc(S(=O)(=O)n2cc(I)c3c(N4CCN(C(=O)OC(C)(C)C)C(C)C4)ncnc32)cc1. The fraction of sp³-hybridized carbons (Fsp3) is 0.435. The Morgan fingerprint density at radius 2 is 1.82 bits per heavy atom. The molecule has 0 bridgehead atoms. The van der Waals surface area contributed by atoms with Gasteiger partial charge in [0.25, 0.3) is 10.0 Å². The van der Waals surface area contributed by atoms with E-state index in [4.69, 9.17) is 4.74 Å². The van der Waals surface area contributed by atoms with Gasteiger partial charge in [0.1, 0.15) is 17.7 Å². The quantitative estimate of drug-likeness (QED) is 0.421. The van der Waals surface area contributed by atoms with Crippen LogP contribution in [0.2, 0.25) is 0 Å². The van der Waals surface area contributed by atoms with Gasteiger partial charge in [0, 0.05) is 35.4 Å². The summed E-state index contributed by atoms with van der Waals surface area (Å²) < 4.78 is 34.2. The Balaban J connectivity index is 1.67. The first-order chi connectivity index (χ1) is 15.9. The molecule has 0 spiro atoms. The number of piperazine rings is 1. The van der Waals surface area contributed by atoms with Crippen LogP contribution in [-0.2, 0) is 14.8 Å². The third-order valence-electron chi connectivity index (χ3n) is 5.62. The minimum atomic E-state index is -3.82. The van der Waals surface area contributed by atoms with E-state index in [1.807, 2.05) is 34.6 Å². The number of aromatic nitrogens is 3. The predicted octanol–water partition coefficient (Wildman–Crippen LogP) is 4.03. The molecule has 1 atom stereocenters. The van der Waals surface area contributed by atoms with E-state index in [2.05, 4.69) is 37.5 Å². The van der Waals surface area contributed by atoms with Gasteiger partial charge >= 0.3 is 6.09 Å². The second-order valence-electron chi connectivity index (χ2n) is 9.46. The zero-order valence-electron chi connectivity index (χ0n) is 19.8. The minimum absolute atomic E-state index is 0.107. The van der Waals surface area contributed by atoms with Crippen molar-refractivity contribution >= 4 is 55.6 Å². The number of nitrogens with zero attached hydrogens (tertiary/aromatic N) is 5. The van der Waals surface area contributed by atoms with Gasteiger partial charge in [0.2, 0.25) is 0 Å². The molecule has 1 fully saturated rings. The summed E-state index contributed by atoms with van der Waals surface area (Å²) in [7, 11) is -3.82. The van der Waals surface area contributed by atoms with E-state index in [1.165, 1.54) is 10.3 Å². The molecule has 9 nitrogen and oxygen atoms in total. The molecule has 1 saturated heterocycles. The number of halogens is 1. The van der Waals surface area contributed by atoms with Gasteiger partial charge in [-0.3, -0.25) is 0 Å². The molecule has 3 aromatic rings. The van der Waals surface area contributed by atoms with E-state index < -0.39 is 15.6 Å². The molecule has 11 heteroatoms. The number of aryl methyl sites for hydroxylation is 1. The molecule has 0 N–H and O–H groups in total. The maximum Gasteiger partial charge on any atom is 0.410 e. The molecule has 1 amide bonds. The Morgan fingerprint density at radius 3 is 2.44 bits per heavy atom. The lowest BCUT2D eigenvalue weighted by molar-refractivity contribution is 0.0158. The number of hydrogen-bond acceptors (Lipinski definition) is 7. The molecule has 1 aliphatic heterocycles. The standard InChI is InChI=1S/C23H28IN5O4S/c1-15-6-8-17(9-7-15)34(31,32)29-13-18(24)19-20(25-14-26-21(19)29)27-10-11-28(16(2)12-27)22(30)33-23(3,4)5/h6-9,13-14,16H,10-12H2,1-5H3. The fourth-order valence-corrected chi connectivity index (χ4v) is 6.23. The number of benzene rings is 1. The number of hydrogen-bond donors (Lipinski definition) is 0. The Morgan fingerprint density at radius 1 is 1.15 bits per heavy atom. The first-order valence-corrected chi connectivity index (χ1v) is 13.5. The zero-order valence-corrected chi connectivity index (χ0v) is 22.8. The van der Waals surface area contributed by atoms with Crippen LogP contribution in [0.15, 0.2) is 41.7 Å². The topological polar surface area (TPSA) is 97.6 Å². The van der Waals surface area contributed by atoms with Crippen molar-refractivity contribution in [3.8, 4) is 0 Å². The van der Waals surface area contributed by atoms with Crippen molar-refractivity contribution in [3.63, 3.8) is 0 Å². The summed E-state index contributed by atoms with van der Waals surface area (Å²) in [5, 5.41) is 0.678. The molecule has 4 rings (SSSR count). The van der Waals surface area contributed by atoms with E-state index in [1.54, 1.807) is 35.4 Å². The lowest BCUT2D eigenvalue weighted by atomic mass is 10.2. The Hall–Kier alpha value is -2.41. The molecular formula is C23H28IN5O4S. The Kier molecular flexibility index (Phi) is 6.53. The normalized spacial score (nSPS) is 17.3. The van der Waals surface area contributed by atoms with Gasteiger partial charge in [-0.05, 0) is 69.3 Å². The van der Waals surface area contributed by atoms with Gasteiger partial charge in [0.05, 0.1) is 10.3 Å². The number of carbonyl (C=O) groups is 1. The lowest BCUT2D eigenvalue weighted by Crippen LogP contribution is -2.55. The summed E-state index contributed by atoms with van der Waals surface area (Å²) in [6.45, 7) is 11.0. The average Bonchev–Trinajstić information content (AvgIpc) is 3.10. The van der Waals surface area contributed by atoms with Crippen LogP contribution >= 0.6 is 22.6 Å². The highest BCUT2D eigenvalue weighted by molar-refractivity contribution is 14.1. The molecule has 1 unspecified atom stereocenters. The van der Waals surface area contributed by atoms with Gasteiger partial charge in [-0.1, -0.05) is 17.7 Å². The van der Waals surface area contributed by atoms with Crippen LogP contribution in [0.5, 0.6) is 0 Å². The van der Waals surface area contributed by atoms with E-state index in [0.29, 0.717) is 36.5 Å². The van der Waals surface area contributed by atoms with Gasteiger partial charge < -0.3 is 14.5 Å². The van der Waals surface area contributed by atoms with Gasteiger partial charge in [-0.15, -0.1) is 0 Å². The van der Waals surface area contributed by atoms with E-state index in [0.717, 1.165) is 9.13 Å². The third kappa shape index (κ3) is 4.72. The molecule has 0 aliphatic carbocycles. The van der Waals surface area contributed by atoms with E-state index in [-0.39, 0.29) is 17.0 Å². The van der Waals surface area contributed by atoms with Crippen molar-refractivity contribution in [2.75, 3.05) is 24.5 Å². The van der Waals surface area contributed by atoms with Crippen molar-refractivity contribution in [3.05, 3.63) is 45.9 Å². The molecule has 2 aromatic heterocycles. The smallest absolute Gasteiger partial charge is 0.410 e. The van der Waals surface area contributed by atoms with Crippen molar-refractivity contribution in [1.29, 1.82) is 0 Å². The summed E-state index contributed by atoms with van der Waals surface area (Å²) >= 11 is 2.12. The first kappa shape index (κ1) is 24.7. The second-order valence-corrected chi connectivity index (χ2v) is 12.4. The number of anilines is 1. The average molecular weight is 597 g/mol. The van der Waals surface area contributed by atoms with Crippen LogP contribution in [-0.4, -0.2) is 64.6 Å². The summed E-state index contributed by atoms with van der Waals surface area (Å²) in [6, 6.07) is 6.64. The zero-order chi connectivity index (χ0) is 24.8. The van der Waals surface area contributed by atoms with Gasteiger partial charge in [-0.2, -0.15) is 0 Å². The van der Waals surface area contributed by atoms with Crippen molar-refractivity contribution in [1.82, 2.24) is 18.8 Å². The van der Waals surface area contributed by atoms with Crippen LogP contribution in [0.1, 0.15) is 33.3 Å². The predicted molar refractivity (Wildman–Crippen MR) is 139 cm³/mol. The van der Waals surface area contributed by atoms with Crippen LogP contribution in [0, 0.1) is 10.5 Å². The van der Waals surface area contributed by atoms with Crippen LogP contribution in [0.25, 0.3) is 11.0 Å². The summed E-state index contributed by atoms with van der Waals surface area (Å²) in [4.78, 5) is 25.4. The number of carbonyl (C=O) groups excluding carboxylic acids is 1. The lowest BCUT2D eigenvalue weighted by Gasteiger charge is -2.40. The van der Waals surface area contributed by atoms with Gasteiger partial charge in [-0.25, -0.2) is 27.2 Å². The third-order valence-corrected chi connectivity index (χ3v) is 8.10. The fourth-order valence-electron chi connectivity index (χ4n) is 3.97. The molecule has 0 radical (unpaired) electrons.